The van der Waals surface area contributed by atoms with E-state index in [0.29, 0.717) is 50.8 Å². The summed E-state index contributed by atoms with van der Waals surface area (Å²) in [6.45, 7) is 3.35. The molecule has 1 aromatic carbocycles. The summed E-state index contributed by atoms with van der Waals surface area (Å²) in [7, 11) is 3.30. The topological polar surface area (TPSA) is 126 Å². The minimum Gasteiger partial charge on any atom is -0.454 e. The van der Waals surface area contributed by atoms with Gasteiger partial charge in [-0.05, 0) is 62.6 Å². The number of Topliss-reactive ketones (excluding diaryl/α,β-unsaturated/α-hetero) is 1. The van der Waals surface area contributed by atoms with Gasteiger partial charge < -0.3 is 29.5 Å². The number of methoxy groups -OCH3 is 2. The first-order valence-corrected chi connectivity index (χ1v) is 17.8. The Bertz CT molecular complexity index is 1400. The summed E-state index contributed by atoms with van der Waals surface area (Å²) >= 11 is 0. The van der Waals surface area contributed by atoms with Gasteiger partial charge in [-0.3, -0.25) is 9.69 Å². The number of benzene rings is 1. The van der Waals surface area contributed by atoms with E-state index < -0.39 is 34.3 Å². The van der Waals surface area contributed by atoms with E-state index in [9.17, 15) is 24.9 Å². The second-order valence-electron chi connectivity index (χ2n) is 15.9. The number of hydrogen-bond donors (Lipinski definition) is 3. The van der Waals surface area contributed by atoms with Crippen LogP contribution < -0.4 is 0 Å². The van der Waals surface area contributed by atoms with E-state index in [0.717, 1.165) is 31.2 Å². The number of likely N-dealkylation sites (tertiary alicyclic amines) is 1. The molecule has 12 atom stereocenters. The Morgan fingerprint density at radius 3 is 2.48 bits per heavy atom. The Labute approximate surface area is 272 Å². The van der Waals surface area contributed by atoms with Crippen LogP contribution in [0.1, 0.15) is 80.6 Å². The molecule has 252 valence electrons. The van der Waals surface area contributed by atoms with Gasteiger partial charge in [-0.25, -0.2) is 4.79 Å². The van der Waals surface area contributed by atoms with Crippen molar-refractivity contribution in [2.24, 2.45) is 40.9 Å². The summed E-state index contributed by atoms with van der Waals surface area (Å²) in [5.41, 5.74) is -3.19. The van der Waals surface area contributed by atoms with E-state index in [1.54, 1.807) is 20.3 Å². The number of nitrogens with zero attached hydrogens (tertiary/aromatic N) is 1. The van der Waals surface area contributed by atoms with E-state index >= 15 is 0 Å². The lowest BCUT2D eigenvalue weighted by molar-refractivity contribution is -0.333. The lowest BCUT2D eigenvalue weighted by Gasteiger charge is -2.71. The van der Waals surface area contributed by atoms with Gasteiger partial charge in [-0.15, -0.1) is 0 Å². The molecule has 1 spiro atoms. The number of hydrogen-bond acceptors (Lipinski definition) is 9. The fourth-order valence-electron chi connectivity index (χ4n) is 13.2. The molecular formula is C37H51NO8. The van der Waals surface area contributed by atoms with Crippen LogP contribution in [-0.4, -0.2) is 101 Å². The lowest BCUT2D eigenvalue weighted by Crippen LogP contribution is -2.82. The fraction of sp³-hybridized carbons (Fsp3) is 0.784. The maximum absolute atomic E-state index is 14.4. The monoisotopic (exact) mass is 637 g/mol. The number of carbonyl (C=O) groups is 2. The fourth-order valence-corrected chi connectivity index (χ4v) is 13.2. The van der Waals surface area contributed by atoms with Gasteiger partial charge in [0.25, 0.3) is 0 Å². The maximum atomic E-state index is 14.4. The van der Waals surface area contributed by atoms with E-state index in [4.69, 9.17) is 14.2 Å². The zero-order chi connectivity index (χ0) is 32.2. The second kappa shape index (κ2) is 10.8. The van der Waals surface area contributed by atoms with Crippen LogP contribution in [0.4, 0.5) is 0 Å². The number of aliphatic hydroxyl groups is 3. The molecule has 7 bridgehead atoms. The molecule has 3 unspecified atom stereocenters. The standard InChI is InChI=1S/C37H51NO8/c1-4-38-20-34(46-33(41)24-12-8-7-11-22(24)15-27(40)21-9-5-6-10-21)14-13-23(19-39)36-29(34)17-26(31(36)38)35(42)18-28(44-2)25-16-30(36)37(35,43)32(25)45-3/h7-8,11-12,21,23,25-26,28-32,39,42-43H,4-6,9-10,13-20H2,1-3H3/t23-,25-,26+,28+,29?,30?,31?,32+,34-,35+,36+,37+/m1/s1. The molecule has 0 amide bonds. The highest BCUT2D eigenvalue weighted by Gasteiger charge is 2.88. The molecule has 7 fully saturated rings. The molecule has 46 heavy (non-hydrogen) atoms. The van der Waals surface area contributed by atoms with Gasteiger partial charge in [0.15, 0.2) is 0 Å². The highest BCUT2D eigenvalue weighted by Crippen LogP contribution is 2.80. The van der Waals surface area contributed by atoms with Crippen molar-refractivity contribution in [1.82, 2.24) is 4.90 Å². The predicted molar refractivity (Wildman–Crippen MR) is 168 cm³/mol. The molecule has 8 rings (SSSR count). The summed E-state index contributed by atoms with van der Waals surface area (Å²) in [5, 5.41) is 36.9. The zero-order valence-electron chi connectivity index (χ0n) is 27.5. The molecule has 7 aliphatic rings. The Morgan fingerprint density at radius 2 is 1.78 bits per heavy atom. The summed E-state index contributed by atoms with van der Waals surface area (Å²) in [6, 6.07) is 7.32. The number of piperidine rings is 1. The predicted octanol–water partition coefficient (Wildman–Crippen LogP) is 3.16. The summed E-state index contributed by atoms with van der Waals surface area (Å²) < 4.78 is 18.9. The molecule has 1 aromatic rings. The highest BCUT2D eigenvalue weighted by atomic mass is 16.6. The number of esters is 1. The third-order valence-corrected chi connectivity index (χ3v) is 14.8. The number of carbonyl (C=O) groups excluding carboxylic acids is 2. The normalized spacial score (nSPS) is 47.3. The third-order valence-electron chi connectivity index (χ3n) is 14.8. The molecule has 9 heteroatoms. The van der Waals surface area contributed by atoms with Crippen molar-refractivity contribution in [2.75, 3.05) is 33.9 Å². The van der Waals surface area contributed by atoms with Crippen LogP contribution in [0.5, 0.6) is 0 Å². The van der Waals surface area contributed by atoms with Gasteiger partial charge in [0.1, 0.15) is 22.6 Å². The van der Waals surface area contributed by atoms with Crippen LogP contribution in [0.3, 0.4) is 0 Å². The Morgan fingerprint density at radius 1 is 1.02 bits per heavy atom. The molecule has 0 aromatic heterocycles. The number of rotatable bonds is 9. The average Bonchev–Trinajstić information content (AvgIpc) is 3.75. The first kappa shape index (κ1) is 31.4. The van der Waals surface area contributed by atoms with Crippen LogP contribution in [0.25, 0.3) is 0 Å². The van der Waals surface area contributed by atoms with E-state index in [1.165, 1.54) is 0 Å². The number of fused-ring (bicyclic) bond motifs is 2. The van der Waals surface area contributed by atoms with Crippen molar-refractivity contribution >= 4 is 11.8 Å². The van der Waals surface area contributed by atoms with Gasteiger partial charge in [-0.2, -0.15) is 0 Å². The van der Waals surface area contributed by atoms with Crippen LogP contribution in [0, 0.1) is 40.9 Å². The second-order valence-corrected chi connectivity index (χ2v) is 15.9. The van der Waals surface area contributed by atoms with Crippen molar-refractivity contribution < 1.29 is 39.1 Å². The molecule has 3 N–H and O–H groups in total. The Balaban J connectivity index is 1.21. The SMILES string of the molecule is CCN1C[C@]2(OC(=O)c3ccccc3CC(=O)C3CCCC3)CC[C@H](CO)[C@]34C1[C@H](CC23)[C@@]1(O)C[C@H](OC)[C@H]2CC4[C@]1(O)[C@H]2OC. The van der Waals surface area contributed by atoms with Gasteiger partial charge in [0.05, 0.1) is 17.8 Å². The first-order valence-electron chi connectivity index (χ1n) is 17.8. The van der Waals surface area contributed by atoms with Crippen LogP contribution in [0.15, 0.2) is 24.3 Å². The van der Waals surface area contributed by atoms with E-state index in [1.807, 2.05) is 18.2 Å². The summed E-state index contributed by atoms with van der Waals surface area (Å²) in [4.78, 5) is 30.0. The van der Waals surface area contributed by atoms with Crippen molar-refractivity contribution in [3.8, 4) is 0 Å². The molecule has 9 nitrogen and oxygen atoms in total. The molecule has 1 aliphatic heterocycles. The number of ketones is 1. The van der Waals surface area contributed by atoms with Crippen LogP contribution in [0.2, 0.25) is 0 Å². The number of ether oxygens (including phenoxy) is 3. The number of aliphatic hydroxyl groups excluding tert-OH is 1. The quantitative estimate of drug-likeness (QED) is 0.350. The molecular weight excluding hydrogens is 586 g/mol. The Hall–Kier alpha value is -1.88. The molecule has 1 heterocycles. The Kier molecular flexibility index (Phi) is 7.38. The van der Waals surface area contributed by atoms with Crippen molar-refractivity contribution in [3.05, 3.63) is 35.4 Å². The van der Waals surface area contributed by atoms with Crippen LogP contribution in [-0.2, 0) is 25.4 Å². The summed E-state index contributed by atoms with van der Waals surface area (Å²) in [6.07, 6.45) is 6.26. The van der Waals surface area contributed by atoms with Crippen molar-refractivity contribution in [1.29, 1.82) is 0 Å². The molecule has 1 saturated heterocycles. The minimum atomic E-state index is -1.50. The van der Waals surface area contributed by atoms with Gasteiger partial charge in [-0.1, -0.05) is 38.0 Å². The lowest BCUT2D eigenvalue weighted by atomic mass is 9.42. The largest absolute Gasteiger partial charge is 0.454 e. The average molecular weight is 638 g/mol. The smallest absolute Gasteiger partial charge is 0.339 e. The zero-order valence-corrected chi connectivity index (χ0v) is 27.5. The molecule has 6 saturated carbocycles. The summed E-state index contributed by atoms with van der Waals surface area (Å²) in [5.74, 6) is -1.11. The van der Waals surface area contributed by atoms with E-state index in [-0.39, 0.29) is 66.5 Å². The van der Waals surface area contributed by atoms with Gasteiger partial charge >= 0.3 is 5.97 Å². The molecule has 6 aliphatic carbocycles. The van der Waals surface area contributed by atoms with Crippen LogP contribution >= 0.6 is 0 Å². The van der Waals surface area contributed by atoms with Crippen molar-refractivity contribution in [2.45, 2.75) is 106 Å². The van der Waals surface area contributed by atoms with Gasteiger partial charge in [0.2, 0.25) is 0 Å². The number of likely N-dealkylation sites (N-methyl/N-ethyl adjacent to an activating group) is 1. The van der Waals surface area contributed by atoms with Gasteiger partial charge in [0, 0.05) is 81.3 Å². The maximum Gasteiger partial charge on any atom is 0.339 e. The minimum absolute atomic E-state index is 0.0194. The molecule has 0 radical (unpaired) electrons. The van der Waals surface area contributed by atoms with E-state index in [2.05, 4.69) is 11.8 Å². The first-order chi connectivity index (χ1) is 22.1. The highest BCUT2D eigenvalue weighted by molar-refractivity contribution is 5.94. The third kappa shape index (κ3) is 3.73. The van der Waals surface area contributed by atoms with Crippen molar-refractivity contribution in [3.63, 3.8) is 0 Å².